The molecule has 2 heterocycles. The Kier molecular flexibility index (Phi) is 7.32. The Balaban J connectivity index is 1.36. The van der Waals surface area contributed by atoms with Gasteiger partial charge in [0.1, 0.15) is 0 Å². The number of halogens is 3. The Morgan fingerprint density at radius 2 is 1.53 bits per heavy atom. The number of carbonyl (C=O) groups excluding carboxylic acids is 4. The molecule has 4 aromatic rings. The Labute approximate surface area is 291 Å². The lowest BCUT2D eigenvalue weighted by molar-refractivity contribution is -0.127. The van der Waals surface area contributed by atoms with Gasteiger partial charge < -0.3 is 5.11 Å². The number of hydrogen-bond donors (Lipinski definition) is 1. The number of imide groups is 2. The molecule has 1 N–H and O–H groups in total. The molecule has 49 heavy (non-hydrogen) atoms. The lowest BCUT2D eigenvalue weighted by Gasteiger charge is -2.50. The standard InChI is InChI=1S/C39H29Cl2FN2O5/c1-20-13-14-24(18-30(20)41)43-35(46)26-16-15-25-28(32(26)37(43)48)19-29-36(47)44(23-10-5-9-22(40)17-23)38(49)39(29,21-7-3-2-4-8-21)33(25)27-11-6-12-31(42)34(27)45/h2-15,17-18,26,28-29,32-33,45H,16,19H2,1H3. The summed E-state index contributed by atoms with van der Waals surface area (Å²) in [5.41, 5.74) is 1.05. The molecular formula is C39H29Cl2FN2O5. The van der Waals surface area contributed by atoms with E-state index in [1.807, 2.05) is 13.0 Å². The van der Waals surface area contributed by atoms with E-state index in [9.17, 15) is 19.5 Å². The minimum absolute atomic E-state index is 0.0671. The smallest absolute Gasteiger partial charge is 0.246 e. The highest BCUT2D eigenvalue weighted by Crippen LogP contribution is 2.65. The first-order chi connectivity index (χ1) is 23.5. The molecule has 6 unspecified atom stereocenters. The second kappa shape index (κ2) is 11.4. The van der Waals surface area contributed by atoms with Gasteiger partial charge in [0.2, 0.25) is 23.6 Å². The van der Waals surface area contributed by atoms with Crippen molar-refractivity contribution in [2.24, 2.45) is 23.7 Å². The maximum Gasteiger partial charge on any atom is 0.246 e. The number of para-hydroxylation sites is 1. The van der Waals surface area contributed by atoms with Crippen LogP contribution < -0.4 is 9.80 Å². The van der Waals surface area contributed by atoms with Crippen LogP contribution in [0, 0.1) is 36.4 Å². The fourth-order valence-electron chi connectivity index (χ4n) is 8.83. The molecule has 1 saturated carbocycles. The third kappa shape index (κ3) is 4.40. The maximum atomic E-state index is 15.3. The summed E-state index contributed by atoms with van der Waals surface area (Å²) < 4.78 is 15.3. The van der Waals surface area contributed by atoms with E-state index >= 15 is 9.18 Å². The number of aromatic hydroxyl groups is 1. The molecule has 0 radical (unpaired) electrons. The van der Waals surface area contributed by atoms with E-state index in [1.54, 1.807) is 72.8 Å². The highest BCUT2D eigenvalue weighted by atomic mass is 35.5. The van der Waals surface area contributed by atoms with Crippen LogP contribution in [-0.4, -0.2) is 28.7 Å². The molecule has 2 aliphatic carbocycles. The van der Waals surface area contributed by atoms with Crippen molar-refractivity contribution in [3.8, 4) is 5.75 Å². The van der Waals surface area contributed by atoms with Crippen molar-refractivity contribution in [1.29, 1.82) is 0 Å². The molecule has 0 aromatic heterocycles. The molecular weight excluding hydrogens is 666 g/mol. The SMILES string of the molecule is Cc1ccc(N2C(=O)C3CC=C4C(CC5C(=O)N(c6cccc(Cl)c6)C(=O)C5(c5ccccc5)C4c4cccc(F)c4O)C3C2=O)cc1Cl. The predicted octanol–water partition coefficient (Wildman–Crippen LogP) is 7.51. The van der Waals surface area contributed by atoms with Crippen molar-refractivity contribution in [2.45, 2.75) is 31.1 Å². The zero-order chi connectivity index (χ0) is 34.4. The number of carbonyl (C=O) groups is 4. The fourth-order valence-corrected chi connectivity index (χ4v) is 9.19. The summed E-state index contributed by atoms with van der Waals surface area (Å²) in [5.74, 6) is -7.72. The van der Waals surface area contributed by atoms with Gasteiger partial charge in [-0.15, -0.1) is 0 Å². The van der Waals surface area contributed by atoms with Crippen molar-refractivity contribution in [2.75, 3.05) is 9.80 Å². The van der Waals surface area contributed by atoms with E-state index in [-0.39, 0.29) is 30.0 Å². The van der Waals surface area contributed by atoms with Crippen LogP contribution in [0.1, 0.15) is 35.4 Å². The van der Waals surface area contributed by atoms with Gasteiger partial charge in [0.25, 0.3) is 0 Å². The molecule has 6 atom stereocenters. The third-order valence-corrected chi connectivity index (χ3v) is 11.6. The van der Waals surface area contributed by atoms with E-state index in [0.29, 0.717) is 26.9 Å². The first-order valence-corrected chi connectivity index (χ1v) is 16.8. The van der Waals surface area contributed by atoms with Gasteiger partial charge in [-0.3, -0.25) is 19.2 Å². The van der Waals surface area contributed by atoms with Crippen LogP contribution in [0.2, 0.25) is 10.0 Å². The molecule has 4 aliphatic rings. The lowest BCUT2D eigenvalue weighted by Crippen LogP contribution is -2.53. The summed E-state index contributed by atoms with van der Waals surface area (Å²) >= 11 is 12.8. The molecule has 3 fully saturated rings. The molecule has 7 nitrogen and oxygen atoms in total. The Morgan fingerprint density at radius 3 is 2.27 bits per heavy atom. The highest BCUT2D eigenvalue weighted by molar-refractivity contribution is 6.33. The molecule has 2 aliphatic heterocycles. The van der Waals surface area contributed by atoms with Gasteiger partial charge in [-0.1, -0.05) is 89.4 Å². The first kappa shape index (κ1) is 31.5. The van der Waals surface area contributed by atoms with Gasteiger partial charge in [-0.05, 0) is 73.2 Å². The van der Waals surface area contributed by atoms with E-state index in [1.165, 1.54) is 17.0 Å². The quantitative estimate of drug-likeness (QED) is 0.176. The predicted molar refractivity (Wildman–Crippen MR) is 183 cm³/mol. The number of nitrogens with zero attached hydrogens (tertiary/aromatic N) is 2. The summed E-state index contributed by atoms with van der Waals surface area (Å²) in [7, 11) is 0. The number of aryl methyl sites for hydroxylation is 1. The molecule has 4 aromatic carbocycles. The fraction of sp³-hybridized carbons (Fsp3) is 0.231. The van der Waals surface area contributed by atoms with Crippen molar-refractivity contribution in [1.82, 2.24) is 0 Å². The molecule has 246 valence electrons. The number of hydrogen-bond acceptors (Lipinski definition) is 5. The van der Waals surface area contributed by atoms with Crippen molar-refractivity contribution >= 4 is 58.2 Å². The number of phenols is 1. The Bertz CT molecular complexity index is 2140. The van der Waals surface area contributed by atoms with Crippen LogP contribution in [0.4, 0.5) is 15.8 Å². The number of rotatable bonds is 4. The number of benzene rings is 4. The summed E-state index contributed by atoms with van der Waals surface area (Å²) in [6.45, 7) is 1.82. The molecule has 2 saturated heterocycles. The highest BCUT2D eigenvalue weighted by Gasteiger charge is 2.70. The van der Waals surface area contributed by atoms with Gasteiger partial charge in [-0.2, -0.15) is 0 Å². The van der Waals surface area contributed by atoms with Gasteiger partial charge in [0.15, 0.2) is 11.6 Å². The van der Waals surface area contributed by atoms with Crippen LogP contribution in [-0.2, 0) is 24.6 Å². The van der Waals surface area contributed by atoms with Gasteiger partial charge in [0, 0.05) is 21.5 Å². The molecule has 0 spiro atoms. The van der Waals surface area contributed by atoms with Gasteiger partial charge in [0.05, 0.1) is 34.5 Å². The Morgan fingerprint density at radius 1 is 0.796 bits per heavy atom. The van der Waals surface area contributed by atoms with Gasteiger partial charge in [-0.25, -0.2) is 14.2 Å². The van der Waals surface area contributed by atoms with Crippen LogP contribution in [0.15, 0.2) is 103 Å². The maximum absolute atomic E-state index is 15.3. The van der Waals surface area contributed by atoms with E-state index in [0.717, 1.165) is 16.5 Å². The summed E-state index contributed by atoms with van der Waals surface area (Å²) in [5, 5.41) is 12.1. The molecule has 8 rings (SSSR count). The van der Waals surface area contributed by atoms with Crippen LogP contribution in [0.5, 0.6) is 5.75 Å². The zero-order valence-electron chi connectivity index (χ0n) is 26.1. The zero-order valence-corrected chi connectivity index (χ0v) is 27.7. The van der Waals surface area contributed by atoms with Crippen LogP contribution in [0.25, 0.3) is 0 Å². The lowest BCUT2D eigenvalue weighted by atomic mass is 9.49. The van der Waals surface area contributed by atoms with E-state index < -0.39 is 64.3 Å². The number of fused-ring (bicyclic) bond motifs is 4. The van der Waals surface area contributed by atoms with Crippen LogP contribution >= 0.6 is 23.2 Å². The second-order valence-electron chi connectivity index (χ2n) is 13.2. The average Bonchev–Trinajstić information content (AvgIpc) is 3.48. The summed E-state index contributed by atoms with van der Waals surface area (Å²) in [4.78, 5) is 60.7. The molecule has 4 amide bonds. The largest absolute Gasteiger partial charge is 0.505 e. The number of phenolic OH excluding ortho intramolecular Hbond substituents is 1. The molecule has 10 heteroatoms. The monoisotopic (exact) mass is 694 g/mol. The first-order valence-electron chi connectivity index (χ1n) is 16.1. The van der Waals surface area contributed by atoms with Crippen LogP contribution in [0.3, 0.4) is 0 Å². The summed E-state index contributed by atoms with van der Waals surface area (Å²) in [6, 6.07) is 24.5. The van der Waals surface area contributed by atoms with Gasteiger partial charge >= 0.3 is 0 Å². The van der Waals surface area contributed by atoms with Crippen molar-refractivity contribution in [3.63, 3.8) is 0 Å². The number of amides is 4. The average molecular weight is 696 g/mol. The normalized spacial score (nSPS) is 27.6. The van der Waals surface area contributed by atoms with E-state index in [4.69, 9.17) is 23.2 Å². The second-order valence-corrected chi connectivity index (χ2v) is 14.1. The minimum Gasteiger partial charge on any atom is -0.505 e. The van der Waals surface area contributed by atoms with E-state index in [2.05, 4.69) is 0 Å². The van der Waals surface area contributed by atoms with Crippen molar-refractivity contribution < 1.29 is 28.7 Å². The van der Waals surface area contributed by atoms with Crippen molar-refractivity contribution in [3.05, 3.63) is 135 Å². The number of anilines is 2. The molecule has 0 bridgehead atoms. The Hall–Kier alpha value is -4.79. The summed E-state index contributed by atoms with van der Waals surface area (Å²) in [6.07, 6.45) is 2.11. The third-order valence-electron chi connectivity index (χ3n) is 10.9. The topological polar surface area (TPSA) is 95.0 Å². The minimum atomic E-state index is -1.63. The number of allylic oxidation sites excluding steroid dienone is 2.